The molecule has 2 aromatic rings. The van der Waals surface area contributed by atoms with Crippen molar-refractivity contribution in [3.8, 4) is 16.9 Å². The van der Waals surface area contributed by atoms with Crippen LogP contribution in [0.1, 0.15) is 36.2 Å². The molecule has 1 N–H and O–H groups in total. The normalized spacial score (nSPS) is 11.2. The molecule has 0 aliphatic carbocycles. The lowest BCUT2D eigenvalue weighted by molar-refractivity contribution is 0.0951. The lowest BCUT2D eigenvalue weighted by Gasteiger charge is -2.13. The Morgan fingerprint density at radius 3 is 2.47 bits per heavy atom. The molecule has 1 amide bonds. The predicted molar refractivity (Wildman–Crippen MR) is 122 cm³/mol. The van der Waals surface area contributed by atoms with Gasteiger partial charge in [0.2, 0.25) is 0 Å². The lowest BCUT2D eigenvalue weighted by atomic mass is 10.1. The number of benzene rings is 2. The Kier molecular flexibility index (Phi) is 6.16. The quantitative estimate of drug-likeness (QED) is 0.478. The summed E-state index contributed by atoms with van der Waals surface area (Å²) in [4.78, 5) is 26.2. The van der Waals surface area contributed by atoms with Crippen molar-refractivity contribution in [3.63, 3.8) is 0 Å². The van der Waals surface area contributed by atoms with Crippen LogP contribution in [0.5, 0.6) is 0 Å². The van der Waals surface area contributed by atoms with E-state index in [1.165, 1.54) is 16.8 Å². The van der Waals surface area contributed by atoms with Gasteiger partial charge in [-0.05, 0) is 42.2 Å². The van der Waals surface area contributed by atoms with E-state index in [2.05, 4.69) is 24.3 Å². The highest BCUT2D eigenvalue weighted by atomic mass is 19.1. The maximum absolute atomic E-state index is 13.3. The number of fused-ring (bicyclic) bond motifs is 1. The SMILES string of the molecule is CC(C)CCNC(=O)c1cn(Cc2ccc(F)cc2)cc2c(=O)n(-c3ccccc3)nc1-2. The Labute approximate surface area is 185 Å². The molecule has 6 nitrogen and oxygen atoms in total. The summed E-state index contributed by atoms with van der Waals surface area (Å²) < 4.78 is 16.4. The van der Waals surface area contributed by atoms with Crippen LogP contribution in [0.15, 0.2) is 71.8 Å². The minimum Gasteiger partial charge on any atom is -0.352 e. The number of halogens is 1. The number of nitrogens with one attached hydrogen (secondary N) is 1. The van der Waals surface area contributed by atoms with Gasteiger partial charge in [0.15, 0.2) is 0 Å². The van der Waals surface area contributed by atoms with Gasteiger partial charge in [0.05, 0.1) is 16.8 Å². The van der Waals surface area contributed by atoms with Gasteiger partial charge >= 0.3 is 0 Å². The molecule has 0 saturated carbocycles. The van der Waals surface area contributed by atoms with Crippen LogP contribution in [-0.4, -0.2) is 26.8 Å². The van der Waals surface area contributed by atoms with Gasteiger partial charge in [0, 0.05) is 25.5 Å². The molecule has 2 aromatic carbocycles. The number of hydrogen-bond acceptors (Lipinski definition) is 3. The van der Waals surface area contributed by atoms with Gasteiger partial charge < -0.3 is 9.88 Å². The van der Waals surface area contributed by atoms with Crippen molar-refractivity contribution in [2.24, 2.45) is 5.92 Å². The van der Waals surface area contributed by atoms with Gasteiger partial charge in [-0.3, -0.25) is 9.59 Å². The molecule has 164 valence electrons. The molecule has 0 bridgehead atoms. The summed E-state index contributed by atoms with van der Waals surface area (Å²) in [7, 11) is 0. The first kappa shape index (κ1) is 21.5. The zero-order chi connectivity index (χ0) is 22.7. The number of carbonyl (C=O) groups excluding carboxylic acids is 1. The van der Waals surface area contributed by atoms with Crippen molar-refractivity contribution in [1.29, 1.82) is 0 Å². The highest BCUT2D eigenvalue weighted by Crippen LogP contribution is 2.23. The third kappa shape index (κ3) is 4.61. The predicted octanol–water partition coefficient (Wildman–Crippen LogP) is 4.10. The summed E-state index contributed by atoms with van der Waals surface area (Å²) in [5.74, 6) is -0.132. The van der Waals surface area contributed by atoms with Crippen molar-refractivity contribution in [1.82, 2.24) is 19.7 Å². The van der Waals surface area contributed by atoms with Crippen LogP contribution in [0.25, 0.3) is 16.9 Å². The molecule has 4 rings (SSSR count). The number of pyridine rings is 1. The average molecular weight is 432 g/mol. The highest BCUT2D eigenvalue weighted by molar-refractivity contribution is 5.99. The second kappa shape index (κ2) is 9.18. The molecule has 2 heterocycles. The molecule has 0 saturated heterocycles. The fourth-order valence-corrected chi connectivity index (χ4v) is 3.53. The van der Waals surface area contributed by atoms with Crippen LogP contribution in [0, 0.1) is 11.7 Å². The number of nitrogens with zero attached hydrogens (tertiary/aromatic N) is 3. The molecule has 0 unspecified atom stereocenters. The topological polar surface area (TPSA) is 68.9 Å². The number of para-hydroxylation sites is 1. The summed E-state index contributed by atoms with van der Waals surface area (Å²) >= 11 is 0. The van der Waals surface area contributed by atoms with E-state index < -0.39 is 0 Å². The molecule has 0 atom stereocenters. The first-order chi connectivity index (χ1) is 15.4. The summed E-state index contributed by atoms with van der Waals surface area (Å²) in [5.41, 5.74) is 2.23. The fourth-order valence-electron chi connectivity index (χ4n) is 3.53. The van der Waals surface area contributed by atoms with Crippen LogP contribution >= 0.6 is 0 Å². The van der Waals surface area contributed by atoms with Gasteiger partial charge in [-0.15, -0.1) is 0 Å². The minimum absolute atomic E-state index is 0.276. The van der Waals surface area contributed by atoms with Crippen LogP contribution in [0.2, 0.25) is 0 Å². The number of aromatic nitrogens is 3. The largest absolute Gasteiger partial charge is 0.352 e. The number of amides is 1. The summed E-state index contributed by atoms with van der Waals surface area (Å²) in [5, 5.41) is 7.42. The maximum atomic E-state index is 13.3. The van der Waals surface area contributed by atoms with Crippen LogP contribution in [0.4, 0.5) is 4.39 Å². The second-order valence-electron chi connectivity index (χ2n) is 8.22. The zero-order valence-corrected chi connectivity index (χ0v) is 18.1. The van der Waals surface area contributed by atoms with Crippen LogP contribution in [0.3, 0.4) is 0 Å². The average Bonchev–Trinajstić information content (AvgIpc) is 3.11. The van der Waals surface area contributed by atoms with Gasteiger partial charge in [0.25, 0.3) is 11.5 Å². The number of carbonyl (C=O) groups is 1. The van der Waals surface area contributed by atoms with Gasteiger partial charge in [-0.1, -0.05) is 44.2 Å². The van der Waals surface area contributed by atoms with Crippen molar-refractivity contribution < 1.29 is 9.18 Å². The van der Waals surface area contributed by atoms with Crippen molar-refractivity contribution >= 4 is 5.91 Å². The molecule has 0 radical (unpaired) electrons. The van der Waals surface area contributed by atoms with E-state index in [0.717, 1.165) is 12.0 Å². The summed E-state index contributed by atoms with van der Waals surface area (Å²) in [6, 6.07) is 15.2. The van der Waals surface area contributed by atoms with E-state index >= 15 is 0 Å². The minimum atomic E-state index is -0.314. The zero-order valence-electron chi connectivity index (χ0n) is 18.1. The Morgan fingerprint density at radius 2 is 1.78 bits per heavy atom. The van der Waals surface area contributed by atoms with Crippen LogP contribution < -0.4 is 10.9 Å². The first-order valence-corrected chi connectivity index (χ1v) is 10.6. The molecule has 0 fully saturated rings. The molecule has 0 aromatic heterocycles. The van der Waals surface area contributed by atoms with Gasteiger partial charge in [0.1, 0.15) is 11.5 Å². The fraction of sp³-hybridized carbons (Fsp3) is 0.240. The molecule has 2 aliphatic heterocycles. The van der Waals surface area contributed by atoms with Crippen molar-refractivity contribution in [2.45, 2.75) is 26.8 Å². The molecule has 0 spiro atoms. The van der Waals surface area contributed by atoms with Gasteiger partial charge in [-0.2, -0.15) is 9.78 Å². The Morgan fingerprint density at radius 1 is 1.06 bits per heavy atom. The second-order valence-corrected chi connectivity index (χ2v) is 8.22. The molecular weight excluding hydrogens is 407 g/mol. The smallest absolute Gasteiger partial charge is 0.282 e. The molecule has 7 heteroatoms. The number of hydrogen-bond donors (Lipinski definition) is 1. The summed E-state index contributed by atoms with van der Waals surface area (Å²) in [6.45, 7) is 5.11. The Bertz CT molecular complexity index is 1240. The van der Waals surface area contributed by atoms with E-state index in [9.17, 15) is 14.0 Å². The third-order valence-electron chi connectivity index (χ3n) is 5.25. The van der Waals surface area contributed by atoms with E-state index in [4.69, 9.17) is 0 Å². The molecular formula is C25H25FN4O2. The van der Waals surface area contributed by atoms with Gasteiger partial charge in [-0.25, -0.2) is 4.39 Å². The standard InChI is InChI=1S/C25H25FN4O2/c1-17(2)12-13-27-24(31)21-15-29(14-18-8-10-19(26)11-9-18)16-22-23(21)28-30(25(22)32)20-6-4-3-5-7-20/h3-11,15-17H,12-14H2,1-2H3,(H,27,31). The first-order valence-electron chi connectivity index (χ1n) is 10.6. The van der Waals surface area contributed by atoms with E-state index in [1.807, 2.05) is 18.2 Å². The lowest BCUT2D eigenvalue weighted by Crippen LogP contribution is -2.27. The maximum Gasteiger partial charge on any atom is 0.282 e. The number of rotatable bonds is 7. The molecule has 2 aliphatic rings. The molecule has 32 heavy (non-hydrogen) atoms. The Hall–Kier alpha value is -3.74. The third-order valence-corrected chi connectivity index (χ3v) is 5.25. The highest BCUT2D eigenvalue weighted by Gasteiger charge is 2.24. The van der Waals surface area contributed by atoms with E-state index in [-0.39, 0.29) is 17.3 Å². The Balaban J connectivity index is 1.78. The van der Waals surface area contributed by atoms with Crippen molar-refractivity contribution in [2.75, 3.05) is 6.54 Å². The summed E-state index contributed by atoms with van der Waals surface area (Å²) in [6.07, 6.45) is 4.24. The van der Waals surface area contributed by atoms with E-state index in [0.29, 0.717) is 41.5 Å². The van der Waals surface area contributed by atoms with E-state index in [1.54, 1.807) is 41.2 Å². The van der Waals surface area contributed by atoms with Crippen molar-refractivity contribution in [3.05, 3.63) is 94.3 Å². The van der Waals surface area contributed by atoms with Crippen LogP contribution in [-0.2, 0) is 6.54 Å². The monoisotopic (exact) mass is 432 g/mol.